The Bertz CT molecular complexity index is 204. The molecule has 2 heterocycles. The van der Waals surface area contributed by atoms with Crippen LogP contribution >= 0.6 is 0 Å². The largest absolute Gasteiger partial charge is 0.377 e. The van der Waals surface area contributed by atoms with E-state index in [-0.39, 0.29) is 0 Å². The average molecular weight is 226 g/mol. The van der Waals surface area contributed by atoms with Gasteiger partial charge in [-0.1, -0.05) is 13.3 Å². The molecule has 3 nitrogen and oxygen atoms in total. The van der Waals surface area contributed by atoms with E-state index in [1.807, 2.05) is 0 Å². The third kappa shape index (κ3) is 2.96. The van der Waals surface area contributed by atoms with Crippen molar-refractivity contribution in [3.05, 3.63) is 0 Å². The molecule has 16 heavy (non-hydrogen) atoms. The van der Waals surface area contributed by atoms with Crippen molar-refractivity contribution in [1.29, 1.82) is 0 Å². The van der Waals surface area contributed by atoms with Crippen molar-refractivity contribution in [2.75, 3.05) is 26.2 Å². The van der Waals surface area contributed by atoms with Gasteiger partial charge in [0, 0.05) is 25.7 Å². The van der Waals surface area contributed by atoms with Gasteiger partial charge in [0.05, 0.1) is 6.10 Å². The van der Waals surface area contributed by atoms with Gasteiger partial charge < -0.3 is 10.5 Å². The maximum atomic E-state index is 5.90. The molecule has 0 aromatic carbocycles. The maximum absolute atomic E-state index is 5.90. The third-order valence-corrected chi connectivity index (χ3v) is 4.26. The molecule has 2 N–H and O–H groups in total. The Balaban J connectivity index is 1.83. The summed E-state index contributed by atoms with van der Waals surface area (Å²) in [6.45, 7) is 6.40. The molecule has 2 aliphatic rings. The van der Waals surface area contributed by atoms with Crippen LogP contribution in [0.15, 0.2) is 0 Å². The summed E-state index contributed by atoms with van der Waals surface area (Å²) in [6, 6.07) is 0.600. The predicted molar refractivity (Wildman–Crippen MR) is 66.4 cm³/mol. The fourth-order valence-corrected chi connectivity index (χ4v) is 3.09. The van der Waals surface area contributed by atoms with Gasteiger partial charge in [-0.25, -0.2) is 0 Å². The predicted octanol–water partition coefficient (Wildman–Crippen LogP) is 1.61. The summed E-state index contributed by atoms with van der Waals surface area (Å²) >= 11 is 0. The van der Waals surface area contributed by atoms with Crippen LogP contribution in [-0.2, 0) is 4.74 Å². The normalized spacial score (nSPS) is 36.8. The van der Waals surface area contributed by atoms with Crippen LogP contribution < -0.4 is 5.73 Å². The molecule has 0 saturated carbocycles. The Morgan fingerprint density at radius 3 is 2.88 bits per heavy atom. The summed E-state index contributed by atoms with van der Waals surface area (Å²) in [7, 11) is 0. The molecule has 0 aliphatic carbocycles. The summed E-state index contributed by atoms with van der Waals surface area (Å²) in [5.41, 5.74) is 5.90. The summed E-state index contributed by atoms with van der Waals surface area (Å²) < 4.78 is 5.72. The molecule has 0 aromatic heterocycles. The molecule has 2 rings (SSSR count). The molecule has 0 spiro atoms. The van der Waals surface area contributed by atoms with Crippen LogP contribution in [0.25, 0.3) is 0 Å². The Morgan fingerprint density at radius 2 is 2.25 bits per heavy atom. The molecule has 2 saturated heterocycles. The molecule has 2 aliphatic heterocycles. The second-order valence-corrected chi connectivity index (χ2v) is 5.32. The van der Waals surface area contributed by atoms with Gasteiger partial charge in [0.25, 0.3) is 0 Å². The number of nitrogens with zero attached hydrogens (tertiary/aromatic N) is 1. The molecule has 0 aromatic rings. The standard InChI is InChI=1S/C13H26N2O/c1-2-11-5-6-15(12(8-11)9-14)10-13-4-3-7-16-13/h11-13H,2-10,14H2,1H3. The minimum Gasteiger partial charge on any atom is -0.377 e. The van der Waals surface area contributed by atoms with Crippen LogP contribution in [0.2, 0.25) is 0 Å². The topological polar surface area (TPSA) is 38.5 Å². The highest BCUT2D eigenvalue weighted by Gasteiger charge is 2.29. The number of ether oxygens (including phenoxy) is 1. The molecule has 3 heteroatoms. The van der Waals surface area contributed by atoms with E-state index < -0.39 is 0 Å². The van der Waals surface area contributed by atoms with E-state index in [0.717, 1.165) is 25.6 Å². The van der Waals surface area contributed by atoms with E-state index in [1.54, 1.807) is 0 Å². The minimum absolute atomic E-state index is 0.479. The molecule has 0 bridgehead atoms. The smallest absolute Gasteiger partial charge is 0.0702 e. The van der Waals surface area contributed by atoms with Gasteiger partial charge in [-0.3, -0.25) is 4.90 Å². The first-order valence-corrected chi connectivity index (χ1v) is 6.89. The lowest BCUT2D eigenvalue weighted by atomic mass is 9.88. The van der Waals surface area contributed by atoms with E-state index in [9.17, 15) is 0 Å². The minimum atomic E-state index is 0.479. The Morgan fingerprint density at radius 1 is 1.38 bits per heavy atom. The molecule has 0 amide bonds. The van der Waals surface area contributed by atoms with Crippen LogP contribution in [0.3, 0.4) is 0 Å². The third-order valence-electron chi connectivity index (χ3n) is 4.26. The van der Waals surface area contributed by atoms with Crippen molar-refractivity contribution in [2.45, 2.75) is 51.2 Å². The highest BCUT2D eigenvalue weighted by atomic mass is 16.5. The fourth-order valence-electron chi connectivity index (χ4n) is 3.09. The van der Waals surface area contributed by atoms with Crippen molar-refractivity contribution in [1.82, 2.24) is 4.90 Å². The van der Waals surface area contributed by atoms with Gasteiger partial charge in [0.15, 0.2) is 0 Å². The van der Waals surface area contributed by atoms with E-state index in [2.05, 4.69) is 11.8 Å². The zero-order valence-electron chi connectivity index (χ0n) is 10.5. The summed E-state index contributed by atoms with van der Waals surface area (Å²) in [4.78, 5) is 2.57. The van der Waals surface area contributed by atoms with Crippen molar-refractivity contribution in [2.24, 2.45) is 11.7 Å². The Kier molecular flexibility index (Phi) is 4.62. The maximum Gasteiger partial charge on any atom is 0.0702 e. The monoisotopic (exact) mass is 226 g/mol. The molecule has 94 valence electrons. The molecule has 0 radical (unpaired) electrons. The molecular weight excluding hydrogens is 200 g/mol. The van der Waals surface area contributed by atoms with Crippen molar-refractivity contribution in [3.8, 4) is 0 Å². The average Bonchev–Trinajstić information content (AvgIpc) is 2.82. The second kappa shape index (κ2) is 5.99. The van der Waals surface area contributed by atoms with Crippen molar-refractivity contribution < 1.29 is 4.74 Å². The van der Waals surface area contributed by atoms with Gasteiger partial charge in [0.1, 0.15) is 0 Å². The first kappa shape index (κ1) is 12.3. The van der Waals surface area contributed by atoms with Crippen LogP contribution in [0.1, 0.15) is 39.0 Å². The first-order chi connectivity index (χ1) is 7.83. The van der Waals surface area contributed by atoms with E-state index >= 15 is 0 Å². The van der Waals surface area contributed by atoms with Crippen LogP contribution in [-0.4, -0.2) is 43.3 Å². The van der Waals surface area contributed by atoms with E-state index in [4.69, 9.17) is 10.5 Å². The number of piperidine rings is 1. The Hall–Kier alpha value is -0.120. The number of hydrogen-bond donors (Lipinski definition) is 1. The van der Waals surface area contributed by atoms with Gasteiger partial charge in [0.2, 0.25) is 0 Å². The van der Waals surface area contributed by atoms with Crippen LogP contribution in [0, 0.1) is 5.92 Å². The zero-order valence-corrected chi connectivity index (χ0v) is 10.5. The van der Waals surface area contributed by atoms with Crippen molar-refractivity contribution in [3.63, 3.8) is 0 Å². The highest BCUT2D eigenvalue weighted by molar-refractivity contribution is 4.84. The van der Waals surface area contributed by atoms with Crippen molar-refractivity contribution >= 4 is 0 Å². The van der Waals surface area contributed by atoms with E-state index in [0.29, 0.717) is 12.1 Å². The zero-order chi connectivity index (χ0) is 11.4. The SMILES string of the molecule is CCC1CCN(CC2CCCO2)C(CN)C1. The van der Waals surface area contributed by atoms with Gasteiger partial charge in [-0.15, -0.1) is 0 Å². The summed E-state index contributed by atoms with van der Waals surface area (Å²) in [5, 5.41) is 0. The van der Waals surface area contributed by atoms with Crippen LogP contribution in [0.4, 0.5) is 0 Å². The van der Waals surface area contributed by atoms with Gasteiger partial charge in [-0.05, 0) is 38.1 Å². The lowest BCUT2D eigenvalue weighted by Crippen LogP contribution is -2.49. The molecule has 3 unspecified atom stereocenters. The van der Waals surface area contributed by atoms with E-state index in [1.165, 1.54) is 38.6 Å². The van der Waals surface area contributed by atoms with Gasteiger partial charge >= 0.3 is 0 Å². The number of likely N-dealkylation sites (tertiary alicyclic amines) is 1. The second-order valence-electron chi connectivity index (χ2n) is 5.32. The summed E-state index contributed by atoms with van der Waals surface area (Å²) in [5.74, 6) is 0.897. The quantitative estimate of drug-likeness (QED) is 0.791. The lowest BCUT2D eigenvalue weighted by Gasteiger charge is -2.39. The number of hydrogen-bond acceptors (Lipinski definition) is 3. The fraction of sp³-hybridized carbons (Fsp3) is 1.00. The lowest BCUT2D eigenvalue weighted by molar-refractivity contribution is 0.0349. The van der Waals surface area contributed by atoms with Crippen LogP contribution in [0.5, 0.6) is 0 Å². The summed E-state index contributed by atoms with van der Waals surface area (Å²) in [6.07, 6.45) is 6.91. The Labute approximate surface area is 99.3 Å². The first-order valence-electron chi connectivity index (χ1n) is 6.89. The van der Waals surface area contributed by atoms with Gasteiger partial charge in [-0.2, -0.15) is 0 Å². The molecule has 2 fully saturated rings. The molecule has 3 atom stereocenters. The molecular formula is C13H26N2O. The number of rotatable bonds is 4. The number of nitrogens with two attached hydrogens (primary N) is 1. The highest BCUT2D eigenvalue weighted by Crippen LogP contribution is 2.26.